The van der Waals surface area contributed by atoms with Crippen LogP contribution in [0.4, 0.5) is 4.79 Å². The van der Waals surface area contributed by atoms with E-state index in [1.165, 1.54) is 4.90 Å². The molecule has 0 aliphatic carbocycles. The zero-order chi connectivity index (χ0) is 43.8. The van der Waals surface area contributed by atoms with Crippen molar-refractivity contribution in [2.45, 2.75) is 70.6 Å². The molecule has 3 atom stereocenters. The minimum absolute atomic E-state index is 0.0107. The lowest BCUT2D eigenvalue weighted by Gasteiger charge is -2.40. The van der Waals surface area contributed by atoms with Crippen molar-refractivity contribution in [2.24, 2.45) is 0 Å². The fraction of sp³-hybridized carbons (Fsp3) is 0.391. The van der Waals surface area contributed by atoms with Gasteiger partial charge in [0.25, 0.3) is 8.53 Å². The standard InChI is InChI=1S/C46H55N4O10P/c1-33(2)50(34(3)4)61(58-29-13-27-47)59-31-41(60-43(49-28-26-42(51)48-45(49)53)32-56-44(52)35-14-9-7-10-15-35)30-57-46(36-16-11-8-12-17-36,37-18-22-39(54-5)23-19-37)38-20-24-40(55-6)25-21-38/h7-12,14-25,33-34,41,43H,13,26,28-32H2,1-6H3,(H,48,51,53)/t41-,43-,61?/m1/s1. The fourth-order valence-electron chi connectivity index (χ4n) is 6.96. The molecule has 0 radical (unpaired) electrons. The first-order valence-corrected chi connectivity index (χ1v) is 21.3. The summed E-state index contributed by atoms with van der Waals surface area (Å²) in [6.07, 6.45) is -1.95. The first kappa shape index (κ1) is 46.7. The molecule has 1 N–H and O–H groups in total. The number of benzene rings is 4. The van der Waals surface area contributed by atoms with E-state index in [9.17, 15) is 19.6 Å². The van der Waals surface area contributed by atoms with Crippen molar-refractivity contribution >= 4 is 26.4 Å². The quantitative estimate of drug-likeness (QED) is 0.0335. The maximum atomic E-state index is 13.4. The molecule has 61 heavy (non-hydrogen) atoms. The molecule has 1 fully saturated rings. The lowest BCUT2D eigenvalue weighted by atomic mass is 9.80. The van der Waals surface area contributed by atoms with Crippen molar-refractivity contribution in [3.8, 4) is 17.6 Å². The van der Waals surface area contributed by atoms with E-state index in [0.717, 1.165) is 16.7 Å². The van der Waals surface area contributed by atoms with Crippen molar-refractivity contribution in [2.75, 3.05) is 47.2 Å². The summed E-state index contributed by atoms with van der Waals surface area (Å²) in [5, 5.41) is 11.7. The van der Waals surface area contributed by atoms with Crippen LogP contribution in [0.2, 0.25) is 0 Å². The molecule has 3 amide bonds. The Labute approximate surface area is 359 Å². The van der Waals surface area contributed by atoms with E-state index < -0.39 is 44.4 Å². The van der Waals surface area contributed by atoms with Gasteiger partial charge in [-0.15, -0.1) is 0 Å². The molecular formula is C46H55N4O10P. The third-order valence-corrected chi connectivity index (χ3v) is 11.9. The SMILES string of the molecule is COc1ccc(C(OC[C@H](COP(OCCC#N)N(C(C)C)C(C)C)O[C@H](COC(=O)c2ccccc2)N2CCC(=O)NC2=O)(c2ccccc2)c2ccc(OC)cc2)cc1. The fourth-order valence-corrected chi connectivity index (χ4v) is 8.60. The molecule has 0 saturated carbocycles. The molecule has 15 heteroatoms. The van der Waals surface area contributed by atoms with Gasteiger partial charge in [0, 0.05) is 25.0 Å². The number of urea groups is 1. The zero-order valence-corrected chi connectivity index (χ0v) is 36.4. The Kier molecular flexibility index (Phi) is 17.6. The third kappa shape index (κ3) is 12.4. The predicted octanol–water partition coefficient (Wildman–Crippen LogP) is 7.82. The Morgan fingerprint density at radius 3 is 1.87 bits per heavy atom. The molecule has 1 aliphatic rings. The topological polar surface area (TPSA) is 158 Å². The predicted molar refractivity (Wildman–Crippen MR) is 230 cm³/mol. The van der Waals surface area contributed by atoms with Gasteiger partial charge in [-0.1, -0.05) is 72.8 Å². The molecule has 4 aromatic rings. The lowest BCUT2D eigenvalue weighted by Crippen LogP contribution is -2.56. The summed E-state index contributed by atoms with van der Waals surface area (Å²) < 4.78 is 45.9. The minimum atomic E-state index is -1.74. The number of ether oxygens (including phenoxy) is 5. The van der Waals surface area contributed by atoms with Gasteiger partial charge in [-0.3, -0.25) is 15.0 Å². The number of nitrogens with zero attached hydrogens (tertiary/aromatic N) is 3. The summed E-state index contributed by atoms with van der Waals surface area (Å²) in [5.41, 5.74) is 1.43. The van der Waals surface area contributed by atoms with Crippen LogP contribution in [0.25, 0.3) is 0 Å². The molecule has 0 aromatic heterocycles. The summed E-state index contributed by atoms with van der Waals surface area (Å²) in [4.78, 5) is 40.3. The zero-order valence-electron chi connectivity index (χ0n) is 35.5. The number of carbonyl (C=O) groups excluding carboxylic acids is 3. The first-order valence-electron chi connectivity index (χ1n) is 20.2. The van der Waals surface area contributed by atoms with Crippen LogP contribution in [-0.4, -0.2) is 99.1 Å². The number of amides is 3. The van der Waals surface area contributed by atoms with Gasteiger partial charge in [0.1, 0.15) is 29.8 Å². The molecule has 1 saturated heterocycles. The highest BCUT2D eigenvalue weighted by Crippen LogP contribution is 2.47. The van der Waals surface area contributed by atoms with Crippen molar-refractivity contribution in [3.05, 3.63) is 131 Å². The van der Waals surface area contributed by atoms with Gasteiger partial charge in [-0.2, -0.15) is 5.26 Å². The smallest absolute Gasteiger partial charge is 0.338 e. The van der Waals surface area contributed by atoms with Crippen LogP contribution in [-0.2, 0) is 33.7 Å². The number of imide groups is 1. The molecule has 1 aliphatic heterocycles. The van der Waals surface area contributed by atoms with Crippen molar-refractivity contribution in [3.63, 3.8) is 0 Å². The number of esters is 1. The van der Waals surface area contributed by atoms with E-state index in [0.29, 0.717) is 17.1 Å². The van der Waals surface area contributed by atoms with Crippen molar-refractivity contribution in [1.82, 2.24) is 14.9 Å². The number of hydrogen-bond acceptors (Lipinski definition) is 12. The van der Waals surface area contributed by atoms with E-state index in [2.05, 4.69) is 16.1 Å². The van der Waals surface area contributed by atoms with Crippen LogP contribution in [0.1, 0.15) is 67.6 Å². The highest BCUT2D eigenvalue weighted by molar-refractivity contribution is 7.44. The van der Waals surface area contributed by atoms with E-state index in [-0.39, 0.29) is 57.9 Å². The average Bonchev–Trinajstić information content (AvgIpc) is 3.27. The van der Waals surface area contributed by atoms with Crippen LogP contribution < -0.4 is 14.8 Å². The van der Waals surface area contributed by atoms with Crippen molar-refractivity contribution in [1.29, 1.82) is 5.26 Å². The molecule has 4 aromatic carbocycles. The van der Waals surface area contributed by atoms with E-state index in [4.69, 9.17) is 32.7 Å². The van der Waals surface area contributed by atoms with E-state index in [1.54, 1.807) is 44.6 Å². The minimum Gasteiger partial charge on any atom is -0.497 e. The maximum Gasteiger partial charge on any atom is 0.338 e. The monoisotopic (exact) mass is 854 g/mol. The normalized spacial score (nSPS) is 14.7. The summed E-state index contributed by atoms with van der Waals surface area (Å²) in [5.74, 6) is 0.267. The van der Waals surface area contributed by atoms with Crippen LogP contribution in [0.15, 0.2) is 109 Å². The first-order chi connectivity index (χ1) is 29.5. The number of nitrogens with one attached hydrogen (secondary N) is 1. The third-order valence-electron chi connectivity index (χ3n) is 9.84. The van der Waals surface area contributed by atoms with Gasteiger partial charge in [-0.05, 0) is 80.8 Å². The van der Waals surface area contributed by atoms with E-state index >= 15 is 0 Å². The number of carbonyl (C=O) groups is 3. The largest absolute Gasteiger partial charge is 0.497 e. The molecular weight excluding hydrogens is 799 g/mol. The summed E-state index contributed by atoms with van der Waals surface area (Å²) in [6.45, 7) is 7.69. The van der Waals surface area contributed by atoms with Crippen LogP contribution >= 0.6 is 8.53 Å². The number of rotatable bonds is 23. The van der Waals surface area contributed by atoms with E-state index in [1.807, 2.05) is 107 Å². The second-order valence-corrected chi connectivity index (χ2v) is 16.1. The lowest BCUT2D eigenvalue weighted by molar-refractivity contribution is -0.152. The van der Waals surface area contributed by atoms with Gasteiger partial charge < -0.3 is 32.7 Å². The molecule has 5 rings (SSSR count). The highest BCUT2D eigenvalue weighted by atomic mass is 31.2. The summed E-state index contributed by atoms with van der Waals surface area (Å²) in [6, 6.07) is 34.9. The Hall–Kier alpha value is -5.39. The number of nitriles is 1. The van der Waals surface area contributed by atoms with Crippen LogP contribution in [0, 0.1) is 11.3 Å². The number of hydrogen-bond donors (Lipinski definition) is 1. The van der Waals surface area contributed by atoms with Crippen LogP contribution in [0.5, 0.6) is 11.5 Å². The molecule has 324 valence electrons. The molecule has 1 heterocycles. The average molecular weight is 855 g/mol. The second-order valence-electron chi connectivity index (χ2n) is 14.6. The van der Waals surface area contributed by atoms with Gasteiger partial charge in [0.05, 0.1) is 52.1 Å². The Morgan fingerprint density at radius 1 is 0.787 bits per heavy atom. The van der Waals surface area contributed by atoms with Gasteiger partial charge in [0.15, 0.2) is 6.23 Å². The Balaban J connectivity index is 1.59. The van der Waals surface area contributed by atoms with Crippen LogP contribution in [0.3, 0.4) is 0 Å². The number of methoxy groups -OCH3 is 2. The Morgan fingerprint density at radius 2 is 1.34 bits per heavy atom. The molecule has 0 spiro atoms. The van der Waals surface area contributed by atoms with Crippen molar-refractivity contribution < 1.29 is 47.1 Å². The second kappa shape index (κ2) is 23.0. The van der Waals surface area contributed by atoms with Gasteiger partial charge >= 0.3 is 12.0 Å². The van der Waals surface area contributed by atoms with Gasteiger partial charge in [-0.25, -0.2) is 14.3 Å². The van der Waals surface area contributed by atoms with Gasteiger partial charge in [0.2, 0.25) is 5.91 Å². The molecule has 14 nitrogen and oxygen atoms in total. The molecule has 0 bridgehead atoms. The maximum absolute atomic E-state index is 13.4. The summed E-state index contributed by atoms with van der Waals surface area (Å²) >= 11 is 0. The highest BCUT2D eigenvalue weighted by Gasteiger charge is 2.40. The Bertz CT molecular complexity index is 1980. The summed E-state index contributed by atoms with van der Waals surface area (Å²) in [7, 11) is 1.47. The molecule has 1 unspecified atom stereocenters.